The van der Waals surface area contributed by atoms with E-state index in [1.54, 1.807) is 0 Å². The minimum Gasteiger partial charge on any atom is -0.376 e. The number of benzene rings is 1. The summed E-state index contributed by atoms with van der Waals surface area (Å²) < 4.78 is 6.16. The molecule has 0 amide bonds. The summed E-state index contributed by atoms with van der Waals surface area (Å²) in [5, 5.41) is 0.454. The Morgan fingerprint density at radius 3 is 2.47 bits per heavy atom. The first kappa shape index (κ1) is 13.3. The van der Waals surface area contributed by atoms with Gasteiger partial charge in [0.2, 0.25) is 0 Å². The Balaban J connectivity index is 2.23. The van der Waals surface area contributed by atoms with Crippen molar-refractivity contribution in [1.29, 1.82) is 0 Å². The van der Waals surface area contributed by atoms with Gasteiger partial charge in [0.05, 0.1) is 11.4 Å². The van der Waals surface area contributed by atoms with Gasteiger partial charge in [0, 0.05) is 11.4 Å². The molecular weight excluding hydrogens is 248 g/mol. The van der Waals surface area contributed by atoms with E-state index in [2.05, 4.69) is 52.0 Å². The first-order valence-electron chi connectivity index (χ1n) is 6.07. The van der Waals surface area contributed by atoms with E-state index in [0.29, 0.717) is 11.4 Å². The number of aryl methyl sites for hydroxylation is 1. The molecule has 1 aromatic carbocycles. The third kappa shape index (κ3) is 2.83. The summed E-state index contributed by atoms with van der Waals surface area (Å²) in [7, 11) is 3.89. The monoisotopic (exact) mass is 268 g/mol. The van der Waals surface area contributed by atoms with Gasteiger partial charge in [-0.25, -0.2) is 0 Å². The third-order valence-corrected chi connectivity index (χ3v) is 6.76. The summed E-state index contributed by atoms with van der Waals surface area (Å²) in [6.07, 6.45) is 0.296. The molecule has 0 spiro atoms. The van der Waals surface area contributed by atoms with Crippen molar-refractivity contribution >= 4 is 21.6 Å². The van der Waals surface area contributed by atoms with Gasteiger partial charge in [-0.15, -0.1) is 0 Å². The predicted octanol–water partition coefficient (Wildman–Crippen LogP) is 4.61. The highest BCUT2D eigenvalue weighted by molar-refractivity contribution is 8.77. The van der Waals surface area contributed by atoms with Gasteiger partial charge < -0.3 is 4.74 Å². The van der Waals surface area contributed by atoms with Crippen LogP contribution in [0.2, 0.25) is 0 Å². The van der Waals surface area contributed by atoms with E-state index < -0.39 is 0 Å². The van der Waals surface area contributed by atoms with Crippen LogP contribution in [0.1, 0.15) is 37.1 Å². The number of ether oxygens (including phenoxy) is 1. The Morgan fingerprint density at radius 2 is 1.88 bits per heavy atom. The topological polar surface area (TPSA) is 9.23 Å². The molecule has 0 N–H and O–H groups in total. The van der Waals surface area contributed by atoms with Crippen molar-refractivity contribution in [3.63, 3.8) is 0 Å². The summed E-state index contributed by atoms with van der Waals surface area (Å²) in [5.74, 6) is 0. The normalized spacial score (nSPS) is 27.3. The molecular formula is C14H20OS2. The van der Waals surface area contributed by atoms with Crippen LogP contribution in [-0.4, -0.2) is 17.5 Å². The molecule has 1 aliphatic heterocycles. The van der Waals surface area contributed by atoms with Crippen molar-refractivity contribution in [2.45, 2.75) is 43.8 Å². The SMILES string of the molecule is CCO[C@H]1[C@H](c2ccc(C)cc2)SSC1(C)C. The standard InChI is InChI=1S/C14H20OS2/c1-5-15-13-12(16-17-14(13,3)4)11-8-6-10(2)7-9-11/h6-9,12-13H,5H2,1-4H3/t12-,13-/m0/s1. The van der Waals surface area contributed by atoms with Crippen LogP contribution in [0.4, 0.5) is 0 Å². The van der Waals surface area contributed by atoms with Crippen molar-refractivity contribution in [3.05, 3.63) is 35.4 Å². The van der Waals surface area contributed by atoms with E-state index in [-0.39, 0.29) is 4.75 Å². The molecule has 1 saturated heterocycles. The summed E-state index contributed by atoms with van der Waals surface area (Å²) in [6, 6.07) is 8.85. The van der Waals surface area contributed by atoms with Crippen molar-refractivity contribution < 1.29 is 4.74 Å². The number of hydrogen-bond donors (Lipinski definition) is 0. The lowest BCUT2D eigenvalue weighted by Crippen LogP contribution is -2.34. The van der Waals surface area contributed by atoms with E-state index in [9.17, 15) is 0 Å². The fourth-order valence-corrected chi connectivity index (χ4v) is 5.59. The zero-order chi connectivity index (χ0) is 12.5. The highest BCUT2D eigenvalue weighted by atomic mass is 33.1. The van der Waals surface area contributed by atoms with Crippen LogP contribution in [0.25, 0.3) is 0 Å². The molecule has 0 unspecified atom stereocenters. The second-order valence-corrected chi connectivity index (χ2v) is 7.99. The zero-order valence-electron chi connectivity index (χ0n) is 10.9. The maximum absolute atomic E-state index is 5.97. The van der Waals surface area contributed by atoms with Crippen molar-refractivity contribution in [2.75, 3.05) is 6.61 Å². The summed E-state index contributed by atoms with van der Waals surface area (Å²) in [4.78, 5) is 0. The number of rotatable bonds is 3. The van der Waals surface area contributed by atoms with Gasteiger partial charge in [-0.2, -0.15) is 0 Å². The van der Waals surface area contributed by atoms with Crippen LogP contribution in [0.15, 0.2) is 24.3 Å². The molecule has 94 valence electrons. The van der Waals surface area contributed by atoms with Crippen LogP contribution in [0.5, 0.6) is 0 Å². The quantitative estimate of drug-likeness (QED) is 0.741. The van der Waals surface area contributed by atoms with Gasteiger partial charge in [0.15, 0.2) is 0 Å². The number of hydrogen-bond acceptors (Lipinski definition) is 3. The van der Waals surface area contributed by atoms with E-state index in [4.69, 9.17) is 4.74 Å². The van der Waals surface area contributed by atoms with Gasteiger partial charge in [0.1, 0.15) is 0 Å². The van der Waals surface area contributed by atoms with Gasteiger partial charge in [-0.1, -0.05) is 51.4 Å². The third-order valence-electron chi connectivity index (χ3n) is 3.08. The molecule has 17 heavy (non-hydrogen) atoms. The molecule has 0 aromatic heterocycles. The summed E-state index contributed by atoms with van der Waals surface area (Å²) >= 11 is 0. The average Bonchev–Trinajstić information content (AvgIpc) is 2.57. The molecule has 0 radical (unpaired) electrons. The molecule has 1 aromatic rings. The molecule has 3 heteroatoms. The molecule has 1 nitrogen and oxygen atoms in total. The average molecular weight is 268 g/mol. The molecule has 0 saturated carbocycles. The summed E-state index contributed by atoms with van der Waals surface area (Å²) in [6.45, 7) is 9.55. The Bertz CT molecular complexity index is 372. The second-order valence-electron chi connectivity index (χ2n) is 4.99. The molecule has 0 bridgehead atoms. The van der Waals surface area contributed by atoms with Crippen LogP contribution in [0.3, 0.4) is 0 Å². The molecule has 2 rings (SSSR count). The fraction of sp³-hybridized carbons (Fsp3) is 0.571. The molecule has 1 heterocycles. The van der Waals surface area contributed by atoms with Crippen molar-refractivity contribution in [3.8, 4) is 0 Å². The lowest BCUT2D eigenvalue weighted by atomic mass is 9.97. The maximum Gasteiger partial charge on any atom is 0.0892 e. The first-order chi connectivity index (χ1) is 8.04. The van der Waals surface area contributed by atoms with Crippen LogP contribution < -0.4 is 0 Å². The molecule has 0 aliphatic carbocycles. The van der Waals surface area contributed by atoms with E-state index >= 15 is 0 Å². The maximum atomic E-state index is 5.97. The highest BCUT2D eigenvalue weighted by Crippen LogP contribution is 2.59. The van der Waals surface area contributed by atoms with Gasteiger partial charge in [-0.3, -0.25) is 0 Å². The van der Waals surface area contributed by atoms with Gasteiger partial charge in [-0.05, 0) is 33.3 Å². The second kappa shape index (κ2) is 5.25. The lowest BCUT2D eigenvalue weighted by Gasteiger charge is -2.28. The Morgan fingerprint density at radius 1 is 1.24 bits per heavy atom. The van der Waals surface area contributed by atoms with Gasteiger partial charge >= 0.3 is 0 Å². The minimum atomic E-state index is 0.191. The van der Waals surface area contributed by atoms with Crippen LogP contribution >= 0.6 is 21.6 Å². The Hall–Kier alpha value is -0.120. The van der Waals surface area contributed by atoms with Crippen molar-refractivity contribution in [2.24, 2.45) is 0 Å². The fourth-order valence-electron chi connectivity index (χ4n) is 2.09. The van der Waals surface area contributed by atoms with Gasteiger partial charge in [0.25, 0.3) is 0 Å². The van der Waals surface area contributed by atoms with E-state index in [1.807, 2.05) is 21.6 Å². The van der Waals surface area contributed by atoms with Crippen LogP contribution in [-0.2, 0) is 4.74 Å². The predicted molar refractivity (Wildman–Crippen MR) is 78.6 cm³/mol. The zero-order valence-corrected chi connectivity index (χ0v) is 12.5. The molecule has 1 aliphatic rings. The minimum absolute atomic E-state index is 0.191. The largest absolute Gasteiger partial charge is 0.376 e. The smallest absolute Gasteiger partial charge is 0.0892 e. The Labute approximate surface area is 112 Å². The van der Waals surface area contributed by atoms with E-state index in [0.717, 1.165) is 6.61 Å². The molecule has 1 fully saturated rings. The Kier molecular flexibility index (Phi) is 4.11. The first-order valence-corrected chi connectivity index (χ1v) is 8.28. The van der Waals surface area contributed by atoms with Crippen LogP contribution in [0, 0.1) is 6.92 Å². The van der Waals surface area contributed by atoms with Crippen molar-refractivity contribution in [1.82, 2.24) is 0 Å². The van der Waals surface area contributed by atoms with E-state index in [1.165, 1.54) is 11.1 Å². The molecule has 2 atom stereocenters. The summed E-state index contributed by atoms with van der Waals surface area (Å²) in [5.41, 5.74) is 2.70. The highest BCUT2D eigenvalue weighted by Gasteiger charge is 2.45. The lowest BCUT2D eigenvalue weighted by molar-refractivity contribution is 0.0431.